The Morgan fingerprint density at radius 3 is 2.47 bits per heavy atom. The molecule has 0 saturated carbocycles. The van der Waals surface area contributed by atoms with Crippen LogP contribution < -0.4 is 0 Å². The molecule has 1 heterocycles. The molecule has 2 rings (SSSR count). The summed E-state index contributed by atoms with van der Waals surface area (Å²) in [6.07, 6.45) is 2.98. The van der Waals surface area contributed by atoms with Gasteiger partial charge in [-0.1, -0.05) is 51.7 Å². The molecule has 0 atom stereocenters. The minimum Gasteiger partial charge on any atom is -0.271 e. The lowest BCUT2D eigenvalue weighted by Gasteiger charge is -2.03. The minimum absolute atomic E-state index is 0.881. The molecule has 0 amide bonds. The molecule has 1 aromatic heterocycles. The van der Waals surface area contributed by atoms with Crippen LogP contribution in [-0.2, 0) is 6.54 Å². The zero-order chi connectivity index (χ0) is 14.3. The number of benzene rings is 1. The largest absolute Gasteiger partial charge is 0.271 e. The van der Waals surface area contributed by atoms with Gasteiger partial charge in [0.1, 0.15) is 8.07 Å². The Morgan fingerprint density at radius 2 is 1.84 bits per heavy atom. The molecule has 2 nitrogen and oxygen atoms in total. The SMILES string of the molecule is CC.C[Si](C)(C)C#CCCn1cc2ccccc2n1. The molecule has 0 aliphatic rings. The zero-order valence-electron chi connectivity index (χ0n) is 12.7. The van der Waals surface area contributed by atoms with Crippen LogP contribution in [0.4, 0.5) is 0 Å². The van der Waals surface area contributed by atoms with Gasteiger partial charge in [-0.2, -0.15) is 5.10 Å². The summed E-state index contributed by atoms with van der Waals surface area (Å²) >= 11 is 0. The molecule has 0 N–H and O–H groups in total. The Bertz CT molecular complexity index is 534. The predicted molar refractivity (Wildman–Crippen MR) is 86.8 cm³/mol. The molecule has 0 unspecified atom stereocenters. The van der Waals surface area contributed by atoms with Gasteiger partial charge in [0, 0.05) is 18.0 Å². The van der Waals surface area contributed by atoms with E-state index in [2.05, 4.69) is 48.5 Å². The van der Waals surface area contributed by atoms with Gasteiger partial charge in [-0.05, 0) is 6.07 Å². The van der Waals surface area contributed by atoms with Crippen molar-refractivity contribution < 1.29 is 0 Å². The van der Waals surface area contributed by atoms with Crippen LogP contribution in [0.2, 0.25) is 19.6 Å². The summed E-state index contributed by atoms with van der Waals surface area (Å²) < 4.78 is 1.99. The van der Waals surface area contributed by atoms with E-state index < -0.39 is 8.07 Å². The monoisotopic (exact) mass is 272 g/mol. The maximum Gasteiger partial charge on any atom is 0.129 e. The Hall–Kier alpha value is -1.53. The van der Waals surface area contributed by atoms with Crippen molar-refractivity contribution in [3.8, 4) is 11.5 Å². The first-order chi connectivity index (χ1) is 9.04. The number of hydrogen-bond donors (Lipinski definition) is 0. The molecule has 0 saturated heterocycles. The highest BCUT2D eigenvalue weighted by atomic mass is 28.3. The lowest BCUT2D eigenvalue weighted by molar-refractivity contribution is 0.637. The van der Waals surface area contributed by atoms with E-state index in [1.807, 2.05) is 36.7 Å². The molecule has 1 aromatic carbocycles. The summed E-state index contributed by atoms with van der Waals surface area (Å²) in [5.74, 6) is 3.27. The minimum atomic E-state index is -1.22. The highest BCUT2D eigenvalue weighted by molar-refractivity contribution is 6.83. The van der Waals surface area contributed by atoms with Gasteiger partial charge in [-0.15, -0.1) is 11.5 Å². The number of aromatic nitrogens is 2. The van der Waals surface area contributed by atoms with Crippen LogP contribution in [-0.4, -0.2) is 17.9 Å². The van der Waals surface area contributed by atoms with E-state index in [1.165, 1.54) is 5.39 Å². The van der Waals surface area contributed by atoms with Crippen molar-refractivity contribution in [1.29, 1.82) is 0 Å². The summed E-state index contributed by atoms with van der Waals surface area (Å²) in [5.41, 5.74) is 4.43. The van der Waals surface area contributed by atoms with E-state index in [-0.39, 0.29) is 0 Å². The summed E-state index contributed by atoms with van der Waals surface area (Å²) in [5, 5.41) is 5.71. The highest BCUT2D eigenvalue weighted by Gasteiger charge is 2.07. The van der Waals surface area contributed by atoms with Gasteiger partial charge in [-0.3, -0.25) is 4.68 Å². The molecule has 3 heteroatoms. The van der Waals surface area contributed by atoms with Crippen molar-refractivity contribution in [2.75, 3.05) is 0 Å². The van der Waals surface area contributed by atoms with Gasteiger partial charge in [0.25, 0.3) is 0 Å². The fraction of sp³-hybridized carbons (Fsp3) is 0.438. The molecule has 2 aromatic rings. The highest BCUT2D eigenvalue weighted by Crippen LogP contribution is 2.10. The number of nitrogens with zero attached hydrogens (tertiary/aromatic N) is 2. The maximum atomic E-state index is 4.51. The van der Waals surface area contributed by atoms with Crippen molar-refractivity contribution in [3.05, 3.63) is 30.5 Å². The molecule has 0 bridgehead atoms. The molecular formula is C16H24N2Si. The van der Waals surface area contributed by atoms with Crippen LogP contribution in [0.3, 0.4) is 0 Å². The first-order valence-corrected chi connectivity index (χ1v) is 10.5. The maximum absolute atomic E-state index is 4.51. The van der Waals surface area contributed by atoms with Gasteiger partial charge >= 0.3 is 0 Å². The molecular weight excluding hydrogens is 248 g/mol. The van der Waals surface area contributed by atoms with Gasteiger partial charge in [0.05, 0.1) is 12.1 Å². The molecule has 19 heavy (non-hydrogen) atoms. The summed E-state index contributed by atoms with van der Waals surface area (Å²) in [6.45, 7) is 11.7. The summed E-state index contributed by atoms with van der Waals surface area (Å²) in [7, 11) is -1.22. The second kappa shape index (κ2) is 7.15. The molecule has 102 valence electrons. The first-order valence-electron chi connectivity index (χ1n) is 6.97. The van der Waals surface area contributed by atoms with E-state index >= 15 is 0 Å². The number of fused-ring (bicyclic) bond motifs is 1. The second-order valence-electron chi connectivity index (χ2n) is 5.25. The van der Waals surface area contributed by atoms with Gasteiger partial charge in [0.2, 0.25) is 0 Å². The third-order valence-corrected chi connectivity index (χ3v) is 3.32. The van der Waals surface area contributed by atoms with Crippen molar-refractivity contribution >= 4 is 19.0 Å². The quantitative estimate of drug-likeness (QED) is 0.587. The Labute approximate surface area is 117 Å². The fourth-order valence-corrected chi connectivity index (χ4v) is 2.28. The van der Waals surface area contributed by atoms with Crippen LogP contribution in [0.15, 0.2) is 30.5 Å². The Morgan fingerprint density at radius 1 is 1.16 bits per heavy atom. The fourth-order valence-electron chi connectivity index (χ4n) is 1.63. The average molecular weight is 272 g/mol. The van der Waals surface area contributed by atoms with E-state index in [4.69, 9.17) is 0 Å². The molecule has 0 radical (unpaired) electrons. The second-order valence-corrected chi connectivity index (χ2v) is 10.0. The molecule has 0 spiro atoms. The van der Waals surface area contributed by atoms with E-state index in [9.17, 15) is 0 Å². The molecule has 0 fully saturated rings. The van der Waals surface area contributed by atoms with Gasteiger partial charge in [-0.25, -0.2) is 0 Å². The predicted octanol–water partition coefficient (Wildman–Crippen LogP) is 4.33. The number of aryl methyl sites for hydroxylation is 1. The smallest absolute Gasteiger partial charge is 0.129 e. The van der Waals surface area contributed by atoms with Crippen LogP contribution in [0.1, 0.15) is 20.3 Å². The summed E-state index contributed by atoms with van der Waals surface area (Å²) in [6, 6.07) is 8.19. The van der Waals surface area contributed by atoms with Crippen molar-refractivity contribution in [2.24, 2.45) is 0 Å². The van der Waals surface area contributed by atoms with Crippen LogP contribution in [0.25, 0.3) is 10.9 Å². The van der Waals surface area contributed by atoms with Crippen LogP contribution in [0.5, 0.6) is 0 Å². The van der Waals surface area contributed by atoms with Crippen molar-refractivity contribution in [3.63, 3.8) is 0 Å². The van der Waals surface area contributed by atoms with E-state index in [0.29, 0.717) is 0 Å². The van der Waals surface area contributed by atoms with Crippen LogP contribution >= 0.6 is 0 Å². The van der Waals surface area contributed by atoms with E-state index in [1.54, 1.807) is 0 Å². The normalized spacial score (nSPS) is 10.4. The van der Waals surface area contributed by atoms with Crippen molar-refractivity contribution in [1.82, 2.24) is 9.78 Å². The van der Waals surface area contributed by atoms with Gasteiger partial charge < -0.3 is 0 Å². The first kappa shape index (κ1) is 15.5. The Balaban J connectivity index is 0.000000861. The third-order valence-electron chi connectivity index (χ3n) is 2.39. The lowest BCUT2D eigenvalue weighted by Crippen LogP contribution is -2.16. The Kier molecular flexibility index (Phi) is 5.84. The van der Waals surface area contributed by atoms with Crippen LogP contribution in [0, 0.1) is 11.5 Å². The lowest BCUT2D eigenvalue weighted by atomic mass is 10.3. The average Bonchev–Trinajstić information content (AvgIpc) is 2.78. The van der Waals surface area contributed by atoms with Crippen molar-refractivity contribution in [2.45, 2.75) is 46.5 Å². The number of rotatable bonds is 2. The topological polar surface area (TPSA) is 17.8 Å². The number of hydrogen-bond acceptors (Lipinski definition) is 1. The molecule has 0 aliphatic carbocycles. The zero-order valence-corrected chi connectivity index (χ0v) is 13.7. The third kappa shape index (κ3) is 5.31. The standard InChI is InChI=1S/C14H18N2Si.C2H6/c1-17(2,3)11-7-6-10-16-12-13-8-4-5-9-14(13)15-16;1-2/h4-5,8-9,12H,6,10H2,1-3H3;1-2H3. The molecule has 0 aliphatic heterocycles. The van der Waals surface area contributed by atoms with E-state index in [0.717, 1.165) is 18.5 Å². The summed E-state index contributed by atoms with van der Waals surface area (Å²) in [4.78, 5) is 0. The van der Waals surface area contributed by atoms with Gasteiger partial charge in [0.15, 0.2) is 0 Å².